The van der Waals surface area contributed by atoms with Gasteiger partial charge in [-0.1, -0.05) is 19.0 Å². The first-order valence-electron chi connectivity index (χ1n) is 10.9. The second-order valence-corrected chi connectivity index (χ2v) is 10.4. The van der Waals surface area contributed by atoms with Crippen LogP contribution in [0.15, 0.2) is 5.16 Å². The van der Waals surface area contributed by atoms with Crippen molar-refractivity contribution in [1.29, 1.82) is 0 Å². The fraction of sp³-hybridized carbons (Fsp3) is 0.909. The lowest BCUT2D eigenvalue weighted by molar-refractivity contribution is -0.211. The van der Waals surface area contributed by atoms with E-state index in [2.05, 4.69) is 19.0 Å². The molecule has 1 unspecified atom stereocenters. The van der Waals surface area contributed by atoms with Crippen LogP contribution >= 0.6 is 0 Å². The molecular weight excluding hydrogens is 340 g/mol. The van der Waals surface area contributed by atoms with E-state index >= 15 is 0 Å². The minimum absolute atomic E-state index is 0.00133. The van der Waals surface area contributed by atoms with Gasteiger partial charge in [0.25, 0.3) is 0 Å². The highest BCUT2D eigenvalue weighted by atomic mass is 16.6. The first kappa shape index (κ1) is 19.4. The van der Waals surface area contributed by atoms with Crippen LogP contribution in [-0.4, -0.2) is 34.9 Å². The minimum atomic E-state index is -0.662. The van der Waals surface area contributed by atoms with Gasteiger partial charge in [-0.25, -0.2) is 0 Å². The van der Waals surface area contributed by atoms with Gasteiger partial charge in [0.2, 0.25) is 0 Å². The monoisotopic (exact) mass is 376 g/mol. The maximum Gasteiger partial charge on any atom is 0.139 e. The topological polar surface area (TPSA) is 84.9 Å². The Morgan fingerprint density at radius 3 is 2.70 bits per heavy atom. The van der Waals surface area contributed by atoms with E-state index in [1.807, 2.05) is 6.92 Å². The molecular formula is C22H36N2O3. The third kappa shape index (κ3) is 2.88. The van der Waals surface area contributed by atoms with E-state index in [9.17, 15) is 9.90 Å². The van der Waals surface area contributed by atoms with Crippen LogP contribution in [0, 0.1) is 28.6 Å². The third-order valence-corrected chi connectivity index (χ3v) is 8.81. The van der Waals surface area contributed by atoms with Crippen LogP contribution in [0.2, 0.25) is 0 Å². The molecule has 5 nitrogen and oxygen atoms in total. The predicted molar refractivity (Wildman–Crippen MR) is 105 cm³/mol. The number of ketones is 1. The SMILES string of the molecule is C[C@H](N)CON=C1CC[C@@]2(C)C(CC[C@@]3(O)[C@@H]2CC[C@]2(C)C(=O)CC[C@@H]32)C1. The Morgan fingerprint density at radius 2 is 1.96 bits per heavy atom. The molecule has 0 amide bonds. The van der Waals surface area contributed by atoms with Crippen molar-refractivity contribution in [1.82, 2.24) is 0 Å². The van der Waals surface area contributed by atoms with Gasteiger partial charge in [-0.15, -0.1) is 0 Å². The summed E-state index contributed by atoms with van der Waals surface area (Å²) in [6.45, 7) is 6.90. The Bertz CT molecular complexity index is 647. The van der Waals surface area contributed by atoms with E-state index in [1.54, 1.807) is 0 Å². The summed E-state index contributed by atoms with van der Waals surface area (Å²) in [5, 5.41) is 16.3. The molecule has 0 bridgehead atoms. The lowest BCUT2D eigenvalue weighted by Gasteiger charge is -2.63. The summed E-state index contributed by atoms with van der Waals surface area (Å²) in [6.07, 6.45) is 8.30. The van der Waals surface area contributed by atoms with Gasteiger partial charge in [0.1, 0.15) is 12.4 Å². The quantitative estimate of drug-likeness (QED) is 0.739. The Kier molecular flexibility index (Phi) is 4.70. The maximum absolute atomic E-state index is 12.6. The van der Waals surface area contributed by atoms with Crippen molar-refractivity contribution in [3.8, 4) is 0 Å². The smallest absolute Gasteiger partial charge is 0.139 e. The molecule has 27 heavy (non-hydrogen) atoms. The van der Waals surface area contributed by atoms with E-state index in [0.29, 0.717) is 30.6 Å². The highest BCUT2D eigenvalue weighted by Gasteiger charge is 2.66. The summed E-state index contributed by atoms with van der Waals surface area (Å²) in [5.74, 6) is 1.39. The number of nitrogens with two attached hydrogens (primary N) is 1. The molecule has 0 radical (unpaired) electrons. The van der Waals surface area contributed by atoms with Crippen molar-refractivity contribution in [2.24, 2.45) is 39.5 Å². The second-order valence-electron chi connectivity index (χ2n) is 10.4. The van der Waals surface area contributed by atoms with E-state index in [-0.39, 0.29) is 22.8 Å². The number of hydrogen-bond donors (Lipinski definition) is 2. The fourth-order valence-corrected chi connectivity index (χ4v) is 7.24. The Labute approximate surface area is 163 Å². The van der Waals surface area contributed by atoms with Crippen molar-refractivity contribution in [2.45, 2.75) is 90.2 Å². The third-order valence-electron chi connectivity index (χ3n) is 8.81. The zero-order valence-electron chi connectivity index (χ0n) is 17.2. The van der Waals surface area contributed by atoms with Crippen LogP contribution in [0.1, 0.15) is 78.6 Å². The molecule has 4 rings (SSSR count). The molecule has 0 aromatic rings. The lowest BCUT2D eigenvalue weighted by atomic mass is 9.43. The van der Waals surface area contributed by atoms with E-state index < -0.39 is 5.60 Å². The van der Waals surface area contributed by atoms with Crippen molar-refractivity contribution in [3.05, 3.63) is 0 Å². The number of rotatable bonds is 3. The predicted octanol–water partition coefficient (Wildman–Crippen LogP) is 3.43. The van der Waals surface area contributed by atoms with Crippen LogP contribution in [0.25, 0.3) is 0 Å². The number of nitrogens with zero attached hydrogens (tertiary/aromatic N) is 1. The zero-order chi connectivity index (χ0) is 19.4. The van der Waals surface area contributed by atoms with Gasteiger partial charge in [0.15, 0.2) is 0 Å². The highest BCUT2D eigenvalue weighted by Crippen LogP contribution is 2.66. The van der Waals surface area contributed by atoms with Gasteiger partial charge in [-0.05, 0) is 75.5 Å². The Balaban J connectivity index is 1.53. The molecule has 3 N–H and O–H groups in total. The number of Topliss-reactive ketones (excluding diaryl/α,β-unsaturated/α-hetero) is 1. The molecule has 7 atom stereocenters. The van der Waals surface area contributed by atoms with Crippen LogP contribution in [-0.2, 0) is 9.63 Å². The van der Waals surface area contributed by atoms with Gasteiger partial charge in [0, 0.05) is 23.8 Å². The molecule has 4 saturated carbocycles. The van der Waals surface area contributed by atoms with Crippen molar-refractivity contribution < 1.29 is 14.7 Å². The van der Waals surface area contributed by atoms with Crippen LogP contribution < -0.4 is 5.73 Å². The molecule has 4 aliphatic carbocycles. The first-order valence-corrected chi connectivity index (χ1v) is 10.9. The molecule has 0 spiro atoms. The lowest BCUT2D eigenvalue weighted by Crippen LogP contribution is -2.63. The number of carbonyl (C=O) groups is 1. The maximum atomic E-state index is 12.6. The van der Waals surface area contributed by atoms with Crippen molar-refractivity contribution >= 4 is 11.5 Å². The van der Waals surface area contributed by atoms with Crippen LogP contribution in [0.4, 0.5) is 0 Å². The fourth-order valence-electron chi connectivity index (χ4n) is 7.24. The van der Waals surface area contributed by atoms with Gasteiger partial charge in [0.05, 0.1) is 11.3 Å². The van der Waals surface area contributed by atoms with E-state index in [0.717, 1.165) is 57.1 Å². The summed E-state index contributed by atoms with van der Waals surface area (Å²) in [5.41, 5.74) is 6.08. The van der Waals surface area contributed by atoms with E-state index in [4.69, 9.17) is 10.6 Å². The average Bonchev–Trinajstić information content (AvgIpc) is 2.91. The Morgan fingerprint density at radius 1 is 1.19 bits per heavy atom. The molecule has 5 heteroatoms. The minimum Gasteiger partial charge on any atom is -0.394 e. The molecule has 0 aromatic carbocycles. The van der Waals surface area contributed by atoms with E-state index in [1.165, 1.54) is 0 Å². The second kappa shape index (κ2) is 6.55. The largest absolute Gasteiger partial charge is 0.394 e. The Hall–Kier alpha value is -0.940. The molecule has 0 saturated heterocycles. The number of aliphatic hydroxyl groups is 1. The molecule has 0 aliphatic heterocycles. The number of hydrogen-bond acceptors (Lipinski definition) is 5. The van der Waals surface area contributed by atoms with Crippen molar-refractivity contribution in [2.75, 3.05) is 6.61 Å². The molecule has 0 aromatic heterocycles. The van der Waals surface area contributed by atoms with Crippen LogP contribution in [0.5, 0.6) is 0 Å². The highest BCUT2D eigenvalue weighted by molar-refractivity contribution is 5.87. The average molecular weight is 377 g/mol. The molecule has 4 aliphatic rings. The summed E-state index contributed by atoms with van der Waals surface area (Å²) in [4.78, 5) is 18.0. The number of oxime groups is 1. The molecule has 4 fully saturated rings. The van der Waals surface area contributed by atoms with Gasteiger partial charge >= 0.3 is 0 Å². The normalized spacial score (nSPS) is 49.3. The van der Waals surface area contributed by atoms with Crippen molar-refractivity contribution in [3.63, 3.8) is 0 Å². The summed E-state index contributed by atoms with van der Waals surface area (Å²) < 4.78 is 0. The summed E-state index contributed by atoms with van der Waals surface area (Å²) >= 11 is 0. The molecule has 0 heterocycles. The van der Waals surface area contributed by atoms with Gasteiger partial charge < -0.3 is 15.7 Å². The van der Waals surface area contributed by atoms with Crippen LogP contribution in [0.3, 0.4) is 0 Å². The summed E-state index contributed by atoms with van der Waals surface area (Å²) in [7, 11) is 0. The van der Waals surface area contributed by atoms with Gasteiger partial charge in [-0.2, -0.15) is 0 Å². The summed E-state index contributed by atoms with van der Waals surface area (Å²) in [6, 6.07) is -0.00133. The van der Waals surface area contributed by atoms with Gasteiger partial charge in [-0.3, -0.25) is 4.79 Å². The zero-order valence-corrected chi connectivity index (χ0v) is 17.2. The first-order chi connectivity index (χ1) is 12.7. The molecule has 152 valence electrons. The standard InChI is InChI=1S/C22H36N2O3/c1-14(23)13-27-24-16-7-9-20(2)15(12-16)6-11-22(26)17-4-5-19(25)21(17,3)10-8-18(20)22/h14-15,17-18,26H,4-13,23H2,1-3H3/t14-,15?,17+,18+,20-,21-,22-/m0/s1. The number of fused-ring (bicyclic) bond motifs is 5. The number of carbonyl (C=O) groups excluding carboxylic acids is 1.